The molecule has 1 saturated heterocycles. The van der Waals surface area contributed by atoms with Crippen molar-refractivity contribution in [2.24, 2.45) is 0 Å². The standard InChI is InChI=1S/C31H30ClFN2O3/c32-30-28(36)9-7-26-29(20-2-5-23(6-3-20)38-24-11-16-35(19-24)15-1-13-33)25(12-17-37-31(26)30)21-4-8-27-22(18-21)10-14-34-27/h2-10,14,18,24,34,36H,1,11-13,15-17,19H2/t24-/m0/s1. The van der Waals surface area contributed by atoms with E-state index in [0.29, 0.717) is 25.2 Å². The van der Waals surface area contributed by atoms with E-state index in [1.54, 1.807) is 6.07 Å². The Morgan fingerprint density at radius 3 is 2.76 bits per heavy atom. The van der Waals surface area contributed by atoms with Crippen molar-refractivity contribution in [1.82, 2.24) is 9.88 Å². The number of benzene rings is 3. The molecule has 0 amide bonds. The Morgan fingerprint density at radius 2 is 1.92 bits per heavy atom. The number of phenolic OH excluding ortho intramolecular Hbond substituents is 1. The van der Waals surface area contributed by atoms with Gasteiger partial charge in [0.1, 0.15) is 28.4 Å². The molecule has 7 heteroatoms. The molecule has 0 bridgehead atoms. The first-order valence-electron chi connectivity index (χ1n) is 13.1. The van der Waals surface area contributed by atoms with Crippen molar-refractivity contribution in [3.05, 3.63) is 88.6 Å². The summed E-state index contributed by atoms with van der Waals surface area (Å²) in [5.41, 5.74) is 6.26. The molecule has 0 aliphatic carbocycles. The number of fused-ring (bicyclic) bond motifs is 2. The third-order valence-corrected chi connectivity index (χ3v) is 7.80. The Kier molecular flexibility index (Phi) is 7.00. The van der Waals surface area contributed by atoms with Gasteiger partial charge in [0, 0.05) is 43.3 Å². The SMILES string of the molecule is Oc1ccc2c(c1Cl)OCCC(c1ccc3[nH]ccc3c1)=C2c1ccc(O[C@H]2CCN(CCCF)C2)cc1. The highest BCUT2D eigenvalue weighted by molar-refractivity contribution is 6.34. The minimum absolute atomic E-state index is 0.00262. The van der Waals surface area contributed by atoms with E-state index < -0.39 is 0 Å². The van der Waals surface area contributed by atoms with Gasteiger partial charge in [-0.2, -0.15) is 0 Å². The van der Waals surface area contributed by atoms with E-state index in [2.05, 4.69) is 46.3 Å². The molecule has 3 aromatic carbocycles. The van der Waals surface area contributed by atoms with Crippen LogP contribution in [0.5, 0.6) is 17.2 Å². The highest BCUT2D eigenvalue weighted by Crippen LogP contribution is 2.46. The molecular weight excluding hydrogens is 503 g/mol. The summed E-state index contributed by atoms with van der Waals surface area (Å²) in [6.45, 7) is 2.71. The van der Waals surface area contributed by atoms with Crippen molar-refractivity contribution in [3.8, 4) is 17.2 Å². The molecule has 1 atom stereocenters. The van der Waals surface area contributed by atoms with Gasteiger partial charge in [-0.1, -0.05) is 29.8 Å². The van der Waals surface area contributed by atoms with Gasteiger partial charge in [0.2, 0.25) is 0 Å². The lowest BCUT2D eigenvalue weighted by molar-refractivity contribution is 0.198. The van der Waals surface area contributed by atoms with Crippen LogP contribution in [0.15, 0.2) is 66.9 Å². The number of aromatic nitrogens is 1. The normalized spacial score (nSPS) is 17.9. The highest BCUT2D eigenvalue weighted by Gasteiger charge is 2.26. The van der Waals surface area contributed by atoms with Crippen LogP contribution in [-0.4, -0.2) is 54.0 Å². The Hall–Kier alpha value is -3.48. The number of likely N-dealkylation sites (tertiary alicyclic amines) is 1. The summed E-state index contributed by atoms with van der Waals surface area (Å²) in [6.07, 6.45) is 4.26. The van der Waals surface area contributed by atoms with E-state index in [0.717, 1.165) is 70.5 Å². The van der Waals surface area contributed by atoms with Gasteiger partial charge in [-0.25, -0.2) is 0 Å². The summed E-state index contributed by atoms with van der Waals surface area (Å²) in [7, 11) is 0. The number of phenols is 1. The zero-order valence-corrected chi connectivity index (χ0v) is 21.8. The van der Waals surface area contributed by atoms with E-state index in [9.17, 15) is 9.50 Å². The van der Waals surface area contributed by atoms with Gasteiger partial charge in [-0.05, 0) is 83.0 Å². The lowest BCUT2D eigenvalue weighted by Crippen LogP contribution is -2.26. The van der Waals surface area contributed by atoms with E-state index in [1.165, 1.54) is 0 Å². The summed E-state index contributed by atoms with van der Waals surface area (Å²) in [5.74, 6) is 1.32. The highest BCUT2D eigenvalue weighted by atomic mass is 35.5. The fourth-order valence-electron chi connectivity index (χ4n) is 5.56. The van der Waals surface area contributed by atoms with E-state index >= 15 is 0 Å². The van der Waals surface area contributed by atoms with Crippen LogP contribution in [0.25, 0.3) is 22.0 Å². The number of halogens is 2. The van der Waals surface area contributed by atoms with Crippen LogP contribution < -0.4 is 9.47 Å². The number of nitrogens with zero attached hydrogens (tertiary/aromatic N) is 1. The molecule has 4 aromatic rings. The Balaban J connectivity index is 1.37. The van der Waals surface area contributed by atoms with Crippen molar-refractivity contribution in [3.63, 3.8) is 0 Å². The summed E-state index contributed by atoms with van der Waals surface area (Å²) in [6, 6.07) is 20.2. The number of ether oxygens (including phenoxy) is 2. The molecule has 38 heavy (non-hydrogen) atoms. The Morgan fingerprint density at radius 1 is 1.08 bits per heavy atom. The predicted molar refractivity (Wildman–Crippen MR) is 150 cm³/mol. The molecule has 2 N–H and O–H groups in total. The molecule has 1 fully saturated rings. The molecule has 0 radical (unpaired) electrons. The van der Waals surface area contributed by atoms with Crippen LogP contribution in [0.2, 0.25) is 5.02 Å². The van der Waals surface area contributed by atoms with Crippen molar-refractivity contribution in [2.75, 3.05) is 32.9 Å². The summed E-state index contributed by atoms with van der Waals surface area (Å²) >= 11 is 6.51. The van der Waals surface area contributed by atoms with Crippen molar-refractivity contribution >= 4 is 33.7 Å². The summed E-state index contributed by atoms with van der Waals surface area (Å²) < 4.78 is 24.9. The van der Waals surface area contributed by atoms with Crippen molar-refractivity contribution in [1.29, 1.82) is 0 Å². The van der Waals surface area contributed by atoms with Crippen LogP contribution in [0.1, 0.15) is 36.0 Å². The lowest BCUT2D eigenvalue weighted by atomic mass is 9.88. The molecule has 3 heterocycles. The quantitative estimate of drug-likeness (QED) is 0.267. The molecule has 2 aliphatic heterocycles. The monoisotopic (exact) mass is 532 g/mol. The first-order chi connectivity index (χ1) is 18.6. The average Bonchev–Trinajstić information content (AvgIpc) is 3.55. The predicted octanol–water partition coefficient (Wildman–Crippen LogP) is 7.08. The fourth-order valence-corrected chi connectivity index (χ4v) is 5.78. The van der Waals surface area contributed by atoms with E-state index in [1.807, 2.05) is 24.4 Å². The second-order valence-electron chi connectivity index (χ2n) is 9.90. The molecule has 0 unspecified atom stereocenters. The van der Waals surface area contributed by atoms with Crippen LogP contribution in [-0.2, 0) is 0 Å². The molecular formula is C31H30ClFN2O3. The second-order valence-corrected chi connectivity index (χ2v) is 10.3. The lowest BCUT2D eigenvalue weighted by Gasteiger charge is -2.18. The first-order valence-corrected chi connectivity index (χ1v) is 13.5. The van der Waals surface area contributed by atoms with Gasteiger partial charge in [0.25, 0.3) is 0 Å². The number of aromatic amines is 1. The maximum atomic E-state index is 12.5. The van der Waals surface area contributed by atoms with E-state index in [4.69, 9.17) is 21.1 Å². The van der Waals surface area contributed by atoms with Gasteiger partial charge < -0.3 is 19.6 Å². The van der Waals surface area contributed by atoms with Gasteiger partial charge in [0.05, 0.1) is 13.3 Å². The van der Waals surface area contributed by atoms with E-state index in [-0.39, 0.29) is 23.6 Å². The minimum Gasteiger partial charge on any atom is -0.506 e. The third-order valence-electron chi connectivity index (χ3n) is 7.43. The van der Waals surface area contributed by atoms with Gasteiger partial charge in [-0.15, -0.1) is 0 Å². The number of alkyl halides is 1. The number of H-pyrrole nitrogens is 1. The topological polar surface area (TPSA) is 57.7 Å². The molecule has 0 saturated carbocycles. The Labute approximate surface area is 226 Å². The fraction of sp³-hybridized carbons (Fsp3) is 0.290. The van der Waals surface area contributed by atoms with Crippen LogP contribution in [0.4, 0.5) is 4.39 Å². The first kappa shape index (κ1) is 24.8. The largest absolute Gasteiger partial charge is 0.506 e. The number of hydrogen-bond donors (Lipinski definition) is 2. The number of nitrogens with one attached hydrogen (secondary N) is 1. The summed E-state index contributed by atoms with van der Waals surface area (Å²) in [4.78, 5) is 5.53. The molecule has 5 nitrogen and oxygen atoms in total. The maximum Gasteiger partial charge on any atom is 0.149 e. The number of rotatable bonds is 7. The minimum atomic E-state index is -0.278. The molecule has 6 rings (SSSR count). The molecule has 0 spiro atoms. The van der Waals surface area contributed by atoms with Gasteiger partial charge in [0.15, 0.2) is 0 Å². The number of aromatic hydroxyl groups is 1. The molecule has 1 aromatic heterocycles. The van der Waals surface area contributed by atoms with Crippen LogP contribution in [0.3, 0.4) is 0 Å². The average molecular weight is 533 g/mol. The Bertz CT molecular complexity index is 1480. The second kappa shape index (κ2) is 10.7. The third kappa shape index (κ3) is 4.86. The zero-order valence-electron chi connectivity index (χ0n) is 21.1. The smallest absolute Gasteiger partial charge is 0.149 e. The zero-order chi connectivity index (χ0) is 26.1. The summed E-state index contributed by atoms with van der Waals surface area (Å²) in [5, 5.41) is 11.6. The van der Waals surface area contributed by atoms with Gasteiger partial charge in [-0.3, -0.25) is 9.29 Å². The molecule has 2 aliphatic rings. The van der Waals surface area contributed by atoms with Crippen molar-refractivity contribution in [2.45, 2.75) is 25.4 Å². The van der Waals surface area contributed by atoms with Crippen LogP contribution in [0, 0.1) is 0 Å². The number of hydrogen-bond acceptors (Lipinski definition) is 4. The van der Waals surface area contributed by atoms with Crippen LogP contribution >= 0.6 is 11.6 Å². The maximum absolute atomic E-state index is 12.5. The van der Waals surface area contributed by atoms with Gasteiger partial charge >= 0.3 is 0 Å². The molecule has 196 valence electrons. The van der Waals surface area contributed by atoms with Crippen molar-refractivity contribution < 1.29 is 19.0 Å².